The van der Waals surface area contributed by atoms with E-state index >= 15 is 0 Å². The highest BCUT2D eigenvalue weighted by Gasteiger charge is 1.99. The lowest BCUT2D eigenvalue weighted by molar-refractivity contribution is 0.570. The molecule has 0 aromatic carbocycles. The van der Waals surface area contributed by atoms with E-state index in [4.69, 9.17) is 0 Å². The number of nitrogens with zero attached hydrogens (tertiary/aromatic N) is 2. The molecule has 0 radical (unpaired) electrons. The van der Waals surface area contributed by atoms with Crippen LogP contribution in [-0.2, 0) is 16.4 Å². The molecule has 0 aliphatic heterocycles. The van der Waals surface area contributed by atoms with Gasteiger partial charge in [0.15, 0.2) is 0 Å². The molecule has 6 heteroatoms. The fraction of sp³-hybridized carbons (Fsp3) is 0.700. The molecule has 0 unspecified atom stereocenters. The summed E-state index contributed by atoms with van der Waals surface area (Å²) in [4.78, 5) is 3.96. The van der Waals surface area contributed by atoms with E-state index in [-0.39, 0.29) is 5.75 Å². The third kappa shape index (κ3) is 6.58. The Morgan fingerprint density at radius 3 is 2.75 bits per heavy atom. The number of nitrogens with one attached hydrogen (secondary N) is 1. The SMILES string of the molecule is CS(=O)(=O)CCNCCCCn1ccnc1. The van der Waals surface area contributed by atoms with Gasteiger partial charge in [-0.05, 0) is 19.4 Å². The summed E-state index contributed by atoms with van der Waals surface area (Å²) in [7, 11) is -2.83. The zero-order valence-electron chi connectivity index (χ0n) is 9.59. The largest absolute Gasteiger partial charge is 0.337 e. The summed E-state index contributed by atoms with van der Waals surface area (Å²) < 4.78 is 23.7. The first-order valence-electron chi connectivity index (χ1n) is 5.42. The van der Waals surface area contributed by atoms with Crippen LogP contribution in [0.15, 0.2) is 18.7 Å². The van der Waals surface area contributed by atoms with Crippen molar-refractivity contribution in [2.45, 2.75) is 19.4 Å². The fourth-order valence-electron chi connectivity index (χ4n) is 1.35. The molecule has 0 atom stereocenters. The quantitative estimate of drug-likeness (QED) is 0.669. The zero-order chi connectivity index (χ0) is 11.9. The molecule has 1 N–H and O–H groups in total. The molecule has 0 bridgehead atoms. The van der Waals surface area contributed by atoms with Crippen molar-refractivity contribution >= 4 is 9.84 Å². The molecule has 0 aliphatic rings. The first kappa shape index (κ1) is 13.2. The molecule has 1 heterocycles. The van der Waals surface area contributed by atoms with Crippen molar-refractivity contribution in [2.75, 3.05) is 25.1 Å². The topological polar surface area (TPSA) is 64.0 Å². The molecular formula is C10H19N3O2S. The third-order valence-corrected chi connectivity index (χ3v) is 3.17. The van der Waals surface area contributed by atoms with Gasteiger partial charge in [-0.3, -0.25) is 0 Å². The van der Waals surface area contributed by atoms with Crippen LogP contribution in [0.1, 0.15) is 12.8 Å². The number of unbranched alkanes of at least 4 members (excludes halogenated alkanes) is 1. The van der Waals surface area contributed by atoms with E-state index in [1.165, 1.54) is 6.26 Å². The molecule has 0 saturated heterocycles. The smallest absolute Gasteiger partial charge is 0.148 e. The van der Waals surface area contributed by atoms with Crippen LogP contribution in [0.5, 0.6) is 0 Å². The van der Waals surface area contributed by atoms with E-state index in [0.717, 1.165) is 25.9 Å². The van der Waals surface area contributed by atoms with Crippen LogP contribution in [0.2, 0.25) is 0 Å². The van der Waals surface area contributed by atoms with Crippen molar-refractivity contribution in [3.63, 3.8) is 0 Å². The zero-order valence-corrected chi connectivity index (χ0v) is 10.4. The Balaban J connectivity index is 1.93. The second kappa shape index (κ2) is 6.65. The van der Waals surface area contributed by atoms with Gasteiger partial charge in [-0.1, -0.05) is 0 Å². The molecule has 0 spiro atoms. The minimum absolute atomic E-state index is 0.217. The number of aryl methyl sites for hydroxylation is 1. The van der Waals surface area contributed by atoms with Gasteiger partial charge >= 0.3 is 0 Å². The molecule has 1 aromatic heterocycles. The Kier molecular flexibility index (Phi) is 5.48. The van der Waals surface area contributed by atoms with Gasteiger partial charge in [0.25, 0.3) is 0 Å². The highest BCUT2D eigenvalue weighted by Crippen LogP contribution is 1.93. The molecule has 1 rings (SSSR count). The monoisotopic (exact) mass is 245 g/mol. The summed E-state index contributed by atoms with van der Waals surface area (Å²) in [5.41, 5.74) is 0. The summed E-state index contributed by atoms with van der Waals surface area (Å²) >= 11 is 0. The van der Waals surface area contributed by atoms with Crippen molar-refractivity contribution in [1.29, 1.82) is 0 Å². The first-order chi connectivity index (χ1) is 7.58. The highest BCUT2D eigenvalue weighted by molar-refractivity contribution is 7.90. The predicted octanol–water partition coefficient (Wildman–Crippen LogP) is 0.298. The lowest BCUT2D eigenvalue weighted by atomic mass is 10.3. The fourth-order valence-corrected chi connectivity index (χ4v) is 1.86. The summed E-state index contributed by atoms with van der Waals surface area (Å²) in [6, 6.07) is 0. The number of imidazole rings is 1. The van der Waals surface area contributed by atoms with Gasteiger partial charge < -0.3 is 9.88 Å². The van der Waals surface area contributed by atoms with E-state index in [1.54, 1.807) is 12.5 Å². The molecule has 92 valence electrons. The van der Waals surface area contributed by atoms with Crippen LogP contribution < -0.4 is 5.32 Å². The minimum atomic E-state index is -2.83. The van der Waals surface area contributed by atoms with Crippen LogP contribution in [0.3, 0.4) is 0 Å². The van der Waals surface area contributed by atoms with Crippen molar-refractivity contribution in [1.82, 2.24) is 14.9 Å². The van der Waals surface area contributed by atoms with Crippen molar-refractivity contribution in [3.05, 3.63) is 18.7 Å². The van der Waals surface area contributed by atoms with Gasteiger partial charge in [0.05, 0.1) is 12.1 Å². The van der Waals surface area contributed by atoms with Gasteiger partial charge in [0.2, 0.25) is 0 Å². The number of sulfone groups is 1. The molecule has 5 nitrogen and oxygen atoms in total. The second-order valence-electron chi connectivity index (χ2n) is 3.89. The van der Waals surface area contributed by atoms with Gasteiger partial charge in [-0.15, -0.1) is 0 Å². The standard InChI is InChI=1S/C10H19N3O2S/c1-16(14,15)9-6-11-4-2-3-7-13-8-5-12-10-13/h5,8,10-11H,2-4,6-7,9H2,1H3. The van der Waals surface area contributed by atoms with Gasteiger partial charge in [-0.2, -0.15) is 0 Å². The summed E-state index contributed by atoms with van der Waals surface area (Å²) in [5.74, 6) is 0.217. The third-order valence-electron chi connectivity index (χ3n) is 2.23. The van der Waals surface area contributed by atoms with E-state index in [0.29, 0.717) is 6.54 Å². The Morgan fingerprint density at radius 1 is 1.31 bits per heavy atom. The summed E-state index contributed by atoms with van der Waals surface area (Å²) in [6.07, 6.45) is 8.89. The molecule has 0 fully saturated rings. The Bertz CT molecular complexity index is 373. The van der Waals surface area contributed by atoms with E-state index < -0.39 is 9.84 Å². The molecule has 0 amide bonds. The Labute approximate surface area is 96.8 Å². The first-order valence-corrected chi connectivity index (χ1v) is 7.48. The molecule has 0 saturated carbocycles. The number of aromatic nitrogens is 2. The predicted molar refractivity (Wildman–Crippen MR) is 64.0 cm³/mol. The average molecular weight is 245 g/mol. The van der Waals surface area contributed by atoms with Crippen LogP contribution >= 0.6 is 0 Å². The number of rotatable bonds is 8. The summed E-state index contributed by atoms with van der Waals surface area (Å²) in [6.45, 7) is 2.38. The molecule has 1 aromatic rings. The Morgan fingerprint density at radius 2 is 2.12 bits per heavy atom. The maximum absolute atomic E-state index is 10.8. The average Bonchev–Trinajstić information content (AvgIpc) is 2.67. The van der Waals surface area contributed by atoms with Gasteiger partial charge in [-0.25, -0.2) is 13.4 Å². The van der Waals surface area contributed by atoms with Crippen LogP contribution in [0.25, 0.3) is 0 Å². The van der Waals surface area contributed by atoms with E-state index in [1.807, 2.05) is 10.8 Å². The van der Waals surface area contributed by atoms with Crippen LogP contribution in [0, 0.1) is 0 Å². The maximum Gasteiger partial charge on any atom is 0.148 e. The summed E-state index contributed by atoms with van der Waals surface area (Å²) in [5, 5.41) is 3.12. The van der Waals surface area contributed by atoms with Gasteiger partial charge in [0.1, 0.15) is 9.84 Å². The lowest BCUT2D eigenvalue weighted by Crippen LogP contribution is -2.23. The van der Waals surface area contributed by atoms with Crippen LogP contribution in [0.4, 0.5) is 0 Å². The molecule has 16 heavy (non-hydrogen) atoms. The van der Waals surface area contributed by atoms with Crippen molar-refractivity contribution in [3.8, 4) is 0 Å². The number of hydrogen-bond donors (Lipinski definition) is 1. The maximum atomic E-state index is 10.8. The number of hydrogen-bond acceptors (Lipinski definition) is 4. The van der Waals surface area contributed by atoms with Gasteiger partial charge in [0, 0.05) is 31.7 Å². The minimum Gasteiger partial charge on any atom is -0.337 e. The molecular weight excluding hydrogens is 226 g/mol. The van der Waals surface area contributed by atoms with E-state index in [2.05, 4.69) is 10.3 Å². The normalized spacial score (nSPS) is 11.8. The lowest BCUT2D eigenvalue weighted by Gasteiger charge is -2.04. The molecule has 0 aliphatic carbocycles. The second-order valence-corrected chi connectivity index (χ2v) is 6.15. The van der Waals surface area contributed by atoms with Crippen molar-refractivity contribution < 1.29 is 8.42 Å². The van der Waals surface area contributed by atoms with Crippen LogP contribution in [-0.4, -0.2) is 43.1 Å². The Hall–Kier alpha value is -0.880. The highest BCUT2D eigenvalue weighted by atomic mass is 32.2. The van der Waals surface area contributed by atoms with E-state index in [9.17, 15) is 8.42 Å². The van der Waals surface area contributed by atoms with Crippen molar-refractivity contribution in [2.24, 2.45) is 0 Å².